The summed E-state index contributed by atoms with van der Waals surface area (Å²) >= 11 is 0. The smallest absolute Gasteiger partial charge is 0.368 e. The van der Waals surface area contributed by atoms with Gasteiger partial charge in [-0.1, -0.05) is 0 Å². The normalized spacial score (nSPS) is 16.8. The van der Waals surface area contributed by atoms with Crippen LogP contribution in [0.25, 0.3) is 5.65 Å². The van der Waals surface area contributed by atoms with Gasteiger partial charge in [0.15, 0.2) is 5.65 Å². The maximum Gasteiger partial charge on any atom is 0.453 e. The van der Waals surface area contributed by atoms with Crippen LogP contribution in [0.3, 0.4) is 0 Å². The number of nitrogens with zero attached hydrogens (tertiary/aromatic N) is 5. The summed E-state index contributed by atoms with van der Waals surface area (Å²) < 4.78 is 64.6. The summed E-state index contributed by atoms with van der Waals surface area (Å²) in [5, 5.41) is 13.8. The quantitative estimate of drug-likeness (QED) is 0.828. The van der Waals surface area contributed by atoms with Crippen molar-refractivity contribution < 1.29 is 21.6 Å². The lowest BCUT2D eigenvalue weighted by atomic mass is 10.0. The SMILES string of the molecule is CCS(=O)(=O)N1CC(CNc2nn3c(C(F)(F)F)nnc3c(C)c2C)C1. The van der Waals surface area contributed by atoms with E-state index < -0.39 is 22.0 Å². The summed E-state index contributed by atoms with van der Waals surface area (Å²) in [6.07, 6.45) is -4.66. The molecule has 144 valence electrons. The molecule has 26 heavy (non-hydrogen) atoms. The number of aromatic nitrogens is 4. The molecule has 0 bridgehead atoms. The Balaban J connectivity index is 1.78. The molecule has 8 nitrogen and oxygen atoms in total. The molecule has 1 N–H and O–H groups in total. The van der Waals surface area contributed by atoms with Gasteiger partial charge in [0.2, 0.25) is 10.0 Å². The lowest BCUT2D eigenvalue weighted by Crippen LogP contribution is -2.52. The lowest BCUT2D eigenvalue weighted by Gasteiger charge is -2.38. The van der Waals surface area contributed by atoms with Crippen LogP contribution in [-0.4, -0.2) is 57.9 Å². The highest BCUT2D eigenvalue weighted by Gasteiger charge is 2.38. The minimum atomic E-state index is -4.66. The van der Waals surface area contributed by atoms with Gasteiger partial charge in [0.1, 0.15) is 5.82 Å². The van der Waals surface area contributed by atoms with E-state index in [0.717, 1.165) is 0 Å². The van der Waals surface area contributed by atoms with Crippen molar-refractivity contribution in [1.82, 2.24) is 24.1 Å². The van der Waals surface area contributed by atoms with Crippen LogP contribution in [0.4, 0.5) is 19.0 Å². The van der Waals surface area contributed by atoms with Gasteiger partial charge < -0.3 is 5.32 Å². The summed E-state index contributed by atoms with van der Waals surface area (Å²) in [7, 11) is -3.19. The molecule has 0 radical (unpaired) electrons. The van der Waals surface area contributed by atoms with Crippen LogP contribution in [0.1, 0.15) is 23.9 Å². The zero-order valence-corrected chi connectivity index (χ0v) is 15.3. The predicted molar refractivity (Wildman–Crippen MR) is 88.3 cm³/mol. The molecular formula is C14H19F3N6O2S. The summed E-state index contributed by atoms with van der Waals surface area (Å²) in [5.74, 6) is -0.742. The van der Waals surface area contributed by atoms with Gasteiger partial charge in [0, 0.05) is 31.1 Å². The molecule has 3 heterocycles. The van der Waals surface area contributed by atoms with E-state index in [1.165, 1.54) is 4.31 Å². The molecule has 3 rings (SSSR count). The van der Waals surface area contributed by atoms with Crippen LogP contribution in [0.15, 0.2) is 0 Å². The Bertz CT molecular complexity index is 934. The summed E-state index contributed by atoms with van der Waals surface area (Å²) in [6, 6.07) is 0. The van der Waals surface area contributed by atoms with E-state index in [1.54, 1.807) is 20.8 Å². The standard InChI is InChI=1S/C14H19F3N6O2S/c1-4-26(24,25)22-6-10(7-22)5-18-11-8(2)9(3)12-19-20-13(14(15,16)17)23(12)21-11/h10H,4-7H2,1-3H3,(H,18,21). The number of rotatable bonds is 5. The Kier molecular flexibility index (Phi) is 4.59. The van der Waals surface area contributed by atoms with Crippen molar-refractivity contribution in [2.45, 2.75) is 26.9 Å². The maximum absolute atomic E-state index is 13.0. The average molecular weight is 392 g/mol. The number of halogens is 3. The molecule has 2 aromatic heterocycles. The fourth-order valence-corrected chi connectivity index (χ4v) is 4.02. The van der Waals surface area contributed by atoms with Gasteiger partial charge in [-0.3, -0.25) is 0 Å². The van der Waals surface area contributed by atoms with E-state index in [0.29, 0.717) is 41.1 Å². The highest BCUT2D eigenvalue weighted by atomic mass is 32.2. The third-order valence-corrected chi connectivity index (χ3v) is 6.40. The zero-order chi connectivity index (χ0) is 19.3. The number of hydrogen-bond acceptors (Lipinski definition) is 6. The van der Waals surface area contributed by atoms with Gasteiger partial charge >= 0.3 is 6.18 Å². The molecule has 1 saturated heterocycles. The van der Waals surface area contributed by atoms with Crippen LogP contribution in [0.2, 0.25) is 0 Å². The number of nitrogens with one attached hydrogen (secondary N) is 1. The predicted octanol–water partition coefficient (Wildman–Crippen LogP) is 1.45. The first-order valence-corrected chi connectivity index (χ1v) is 9.67. The third-order valence-electron chi connectivity index (χ3n) is 4.59. The van der Waals surface area contributed by atoms with Crippen LogP contribution in [-0.2, 0) is 16.2 Å². The summed E-state index contributed by atoms with van der Waals surface area (Å²) in [6.45, 7) is 6.18. The summed E-state index contributed by atoms with van der Waals surface area (Å²) in [4.78, 5) is 0. The van der Waals surface area contributed by atoms with E-state index in [4.69, 9.17) is 0 Å². The van der Waals surface area contributed by atoms with Gasteiger partial charge in [-0.15, -0.1) is 15.3 Å². The molecule has 1 aliphatic rings. The molecule has 2 aromatic rings. The van der Waals surface area contributed by atoms with Gasteiger partial charge in [-0.25, -0.2) is 12.7 Å². The molecule has 0 aliphatic carbocycles. The molecule has 0 saturated carbocycles. The second-order valence-corrected chi connectivity index (χ2v) is 8.58. The van der Waals surface area contributed by atoms with Gasteiger partial charge in [-0.05, 0) is 26.3 Å². The van der Waals surface area contributed by atoms with Crippen molar-refractivity contribution in [3.8, 4) is 0 Å². The molecular weight excluding hydrogens is 373 g/mol. The first-order valence-electron chi connectivity index (χ1n) is 8.06. The van der Waals surface area contributed by atoms with Crippen molar-refractivity contribution in [2.75, 3.05) is 30.7 Å². The Morgan fingerprint density at radius 2 is 1.85 bits per heavy atom. The molecule has 1 aliphatic heterocycles. The Morgan fingerprint density at radius 1 is 1.19 bits per heavy atom. The highest BCUT2D eigenvalue weighted by Crippen LogP contribution is 2.30. The Morgan fingerprint density at radius 3 is 2.42 bits per heavy atom. The Labute approximate surface area is 148 Å². The number of hydrogen-bond donors (Lipinski definition) is 1. The van der Waals surface area contributed by atoms with Crippen LogP contribution >= 0.6 is 0 Å². The maximum atomic E-state index is 13.0. The molecule has 0 amide bonds. The number of sulfonamides is 1. The largest absolute Gasteiger partial charge is 0.453 e. The van der Waals surface area contributed by atoms with E-state index in [-0.39, 0.29) is 17.3 Å². The van der Waals surface area contributed by atoms with Crippen molar-refractivity contribution in [3.05, 3.63) is 17.0 Å². The first kappa shape index (κ1) is 18.8. The van der Waals surface area contributed by atoms with Gasteiger partial charge in [0.25, 0.3) is 5.82 Å². The number of anilines is 1. The second kappa shape index (κ2) is 6.34. The van der Waals surface area contributed by atoms with Crippen molar-refractivity contribution >= 4 is 21.5 Å². The van der Waals surface area contributed by atoms with Crippen LogP contribution in [0.5, 0.6) is 0 Å². The lowest BCUT2D eigenvalue weighted by molar-refractivity contribution is -0.146. The van der Waals surface area contributed by atoms with Crippen molar-refractivity contribution in [2.24, 2.45) is 5.92 Å². The third kappa shape index (κ3) is 3.22. The Hall–Kier alpha value is -1.95. The average Bonchev–Trinajstić information content (AvgIpc) is 2.94. The number of alkyl halides is 3. The van der Waals surface area contributed by atoms with E-state index in [9.17, 15) is 21.6 Å². The molecule has 1 fully saturated rings. The number of aryl methyl sites for hydroxylation is 1. The highest BCUT2D eigenvalue weighted by molar-refractivity contribution is 7.89. The molecule has 12 heteroatoms. The molecule has 0 aromatic carbocycles. The topological polar surface area (TPSA) is 92.5 Å². The minimum absolute atomic E-state index is 0.0531. The van der Waals surface area contributed by atoms with Crippen LogP contribution < -0.4 is 5.32 Å². The molecule has 0 unspecified atom stereocenters. The minimum Gasteiger partial charge on any atom is -0.368 e. The van der Waals surface area contributed by atoms with E-state index >= 15 is 0 Å². The number of fused-ring (bicyclic) bond motifs is 1. The summed E-state index contributed by atoms with van der Waals surface area (Å²) in [5.41, 5.74) is 1.29. The van der Waals surface area contributed by atoms with Crippen molar-refractivity contribution in [3.63, 3.8) is 0 Å². The van der Waals surface area contributed by atoms with E-state index in [1.807, 2.05) is 0 Å². The first-order chi connectivity index (χ1) is 12.0. The fourth-order valence-electron chi connectivity index (χ4n) is 2.78. The van der Waals surface area contributed by atoms with E-state index in [2.05, 4.69) is 20.6 Å². The molecule has 0 atom stereocenters. The zero-order valence-electron chi connectivity index (χ0n) is 14.5. The fraction of sp³-hybridized carbons (Fsp3) is 0.643. The van der Waals surface area contributed by atoms with Gasteiger partial charge in [0.05, 0.1) is 5.75 Å². The van der Waals surface area contributed by atoms with Crippen molar-refractivity contribution in [1.29, 1.82) is 0 Å². The second-order valence-electron chi connectivity index (χ2n) is 6.32. The van der Waals surface area contributed by atoms with Crippen LogP contribution in [0, 0.1) is 19.8 Å². The van der Waals surface area contributed by atoms with Gasteiger partial charge in [-0.2, -0.15) is 17.7 Å². The molecule has 0 spiro atoms. The monoisotopic (exact) mass is 392 g/mol.